The maximum absolute atomic E-state index is 13.2. The topological polar surface area (TPSA) is 58.1 Å². The largest absolute Gasteiger partial charge is 0.330 e. The molecule has 3 aromatic rings. The number of nitrogens with one attached hydrogen (secondary N) is 1. The number of amides is 1. The number of nitrogens with zero attached hydrogens (tertiary/aromatic N) is 3. The van der Waals surface area contributed by atoms with Gasteiger partial charge in [0.05, 0.1) is 5.25 Å². The van der Waals surface area contributed by atoms with Crippen LogP contribution in [0.4, 0.5) is 20.9 Å². The van der Waals surface area contributed by atoms with E-state index < -0.39 is 0 Å². The highest BCUT2D eigenvalue weighted by atomic mass is 32.2. The van der Waals surface area contributed by atoms with Crippen LogP contribution in [-0.2, 0) is 4.79 Å². The number of thioether (sulfide) groups is 1. The molecule has 0 saturated carbocycles. The van der Waals surface area contributed by atoms with Crippen molar-refractivity contribution in [1.82, 2.24) is 10.2 Å². The van der Waals surface area contributed by atoms with Crippen LogP contribution in [0.2, 0.25) is 0 Å². The Kier molecular flexibility index (Phi) is 5.85. The summed E-state index contributed by atoms with van der Waals surface area (Å²) < 4.78 is 13.9. The molecule has 0 spiro atoms. The lowest BCUT2D eigenvalue weighted by Gasteiger charge is -2.20. The zero-order valence-corrected chi connectivity index (χ0v) is 15.9. The molecule has 0 aliphatic rings. The average molecular weight is 388 g/mol. The summed E-state index contributed by atoms with van der Waals surface area (Å²) in [7, 11) is 1.76. The van der Waals surface area contributed by atoms with Gasteiger partial charge in [0.15, 0.2) is 4.34 Å². The number of hydrogen-bond acceptors (Lipinski definition) is 6. The third kappa shape index (κ3) is 4.59. The second-order valence-corrected chi connectivity index (χ2v) is 8.07. The third-order valence-corrected chi connectivity index (χ3v) is 5.59. The first-order valence-corrected chi connectivity index (χ1v) is 9.58. The van der Waals surface area contributed by atoms with Crippen molar-refractivity contribution in [3.05, 3.63) is 60.4 Å². The first-order valence-electron chi connectivity index (χ1n) is 7.88. The highest BCUT2D eigenvalue weighted by Gasteiger charge is 2.21. The number of halogens is 1. The fourth-order valence-corrected chi connectivity index (χ4v) is 4.26. The van der Waals surface area contributed by atoms with Gasteiger partial charge in [-0.25, -0.2) is 4.39 Å². The Hall–Kier alpha value is -2.45. The maximum atomic E-state index is 13.2. The first-order chi connectivity index (χ1) is 12.5. The molecule has 0 saturated heterocycles. The molecule has 0 aliphatic heterocycles. The van der Waals surface area contributed by atoms with Crippen LogP contribution in [0, 0.1) is 5.82 Å². The van der Waals surface area contributed by atoms with Gasteiger partial charge in [-0.15, -0.1) is 10.2 Å². The first kappa shape index (κ1) is 18.3. The van der Waals surface area contributed by atoms with Crippen LogP contribution in [-0.4, -0.2) is 28.4 Å². The quantitative estimate of drug-likeness (QED) is 0.627. The predicted octanol–water partition coefficient (Wildman–Crippen LogP) is 4.56. The van der Waals surface area contributed by atoms with Crippen LogP contribution < -0.4 is 10.2 Å². The molecule has 0 unspecified atom stereocenters. The molecule has 1 N–H and O–H groups in total. The summed E-state index contributed by atoms with van der Waals surface area (Å²) in [6.07, 6.45) is 0. The molecule has 1 amide bonds. The molecular weight excluding hydrogens is 371 g/mol. The monoisotopic (exact) mass is 388 g/mol. The number of anilines is 3. The van der Waals surface area contributed by atoms with E-state index >= 15 is 0 Å². The lowest BCUT2D eigenvalue weighted by atomic mass is 10.3. The van der Waals surface area contributed by atoms with E-state index in [2.05, 4.69) is 15.5 Å². The summed E-state index contributed by atoms with van der Waals surface area (Å²) in [6.45, 7) is 1.84. The molecule has 0 aliphatic carbocycles. The average Bonchev–Trinajstić information content (AvgIpc) is 3.08. The molecule has 5 nitrogen and oxygen atoms in total. The van der Waals surface area contributed by atoms with Crippen LogP contribution in [0.25, 0.3) is 0 Å². The second-order valence-electron chi connectivity index (χ2n) is 5.50. The molecule has 134 valence electrons. The molecule has 2 aromatic carbocycles. The number of carbonyl (C=O) groups excluding carboxylic acids is 1. The van der Waals surface area contributed by atoms with Gasteiger partial charge >= 0.3 is 0 Å². The van der Waals surface area contributed by atoms with Crippen LogP contribution in [0.15, 0.2) is 58.9 Å². The summed E-state index contributed by atoms with van der Waals surface area (Å²) >= 11 is 2.67. The standard InChI is InChI=1S/C18H17FN4OS2/c1-12(16(24)23(2)15-9-4-3-5-10-15)25-18-22-21-17(26-18)20-14-8-6-7-13(19)11-14/h3-12H,1-2H3,(H,20,21)/t12-/m0/s1. The van der Waals surface area contributed by atoms with Crippen LogP contribution in [0.1, 0.15) is 6.92 Å². The SMILES string of the molecule is C[C@H](Sc1nnc(Nc2cccc(F)c2)s1)C(=O)N(C)c1ccccc1. The Balaban J connectivity index is 1.62. The van der Waals surface area contributed by atoms with Crippen molar-refractivity contribution in [2.24, 2.45) is 0 Å². The van der Waals surface area contributed by atoms with Gasteiger partial charge in [0.25, 0.3) is 0 Å². The lowest BCUT2D eigenvalue weighted by molar-refractivity contribution is -0.117. The van der Waals surface area contributed by atoms with Crippen molar-refractivity contribution in [2.45, 2.75) is 16.5 Å². The van der Waals surface area contributed by atoms with E-state index in [1.54, 1.807) is 24.1 Å². The van der Waals surface area contributed by atoms with E-state index in [-0.39, 0.29) is 17.0 Å². The smallest absolute Gasteiger partial charge is 0.240 e. The predicted molar refractivity (Wildman–Crippen MR) is 105 cm³/mol. The van der Waals surface area contributed by atoms with Gasteiger partial charge in [0.1, 0.15) is 5.82 Å². The van der Waals surface area contributed by atoms with Crippen molar-refractivity contribution in [3.8, 4) is 0 Å². The molecule has 1 heterocycles. The van der Waals surface area contributed by atoms with Gasteiger partial charge in [0, 0.05) is 18.4 Å². The molecular formula is C18H17FN4OS2. The van der Waals surface area contributed by atoms with E-state index in [0.29, 0.717) is 15.2 Å². The summed E-state index contributed by atoms with van der Waals surface area (Å²) in [4.78, 5) is 14.2. The molecule has 0 radical (unpaired) electrons. The zero-order valence-electron chi connectivity index (χ0n) is 14.2. The Morgan fingerprint density at radius 1 is 1.19 bits per heavy atom. The summed E-state index contributed by atoms with van der Waals surface area (Å²) in [5.74, 6) is -0.340. The minimum atomic E-state index is -0.322. The van der Waals surface area contributed by atoms with Gasteiger partial charge in [-0.1, -0.05) is 47.4 Å². The molecule has 0 fully saturated rings. The highest BCUT2D eigenvalue weighted by Crippen LogP contribution is 2.31. The summed E-state index contributed by atoms with van der Waals surface area (Å²) in [6, 6.07) is 15.6. The Bertz CT molecular complexity index is 888. The van der Waals surface area contributed by atoms with Crippen LogP contribution >= 0.6 is 23.1 Å². The van der Waals surface area contributed by atoms with E-state index in [1.807, 2.05) is 37.3 Å². The molecule has 3 rings (SSSR count). The van der Waals surface area contributed by atoms with Crippen molar-refractivity contribution in [3.63, 3.8) is 0 Å². The van der Waals surface area contributed by atoms with Gasteiger partial charge in [-0.2, -0.15) is 0 Å². The molecule has 26 heavy (non-hydrogen) atoms. The van der Waals surface area contributed by atoms with Crippen molar-refractivity contribution < 1.29 is 9.18 Å². The maximum Gasteiger partial charge on any atom is 0.240 e. The van der Waals surface area contributed by atoms with Gasteiger partial charge in [-0.05, 0) is 37.3 Å². The van der Waals surface area contributed by atoms with Gasteiger partial charge in [0.2, 0.25) is 11.0 Å². The van der Waals surface area contributed by atoms with Crippen LogP contribution in [0.3, 0.4) is 0 Å². The minimum absolute atomic E-state index is 0.0176. The van der Waals surface area contributed by atoms with E-state index in [4.69, 9.17) is 0 Å². The normalized spacial score (nSPS) is 11.8. The second kappa shape index (κ2) is 8.29. The molecule has 0 bridgehead atoms. The molecule has 1 aromatic heterocycles. The summed E-state index contributed by atoms with van der Waals surface area (Å²) in [5, 5.41) is 11.4. The number of hydrogen-bond donors (Lipinski definition) is 1. The van der Waals surface area contributed by atoms with Crippen molar-refractivity contribution in [1.29, 1.82) is 0 Å². The Labute approximate surface area is 159 Å². The fraction of sp³-hybridized carbons (Fsp3) is 0.167. The zero-order chi connectivity index (χ0) is 18.5. The third-order valence-electron chi connectivity index (χ3n) is 3.58. The fourth-order valence-electron chi connectivity index (χ4n) is 2.25. The number of aromatic nitrogens is 2. The van der Waals surface area contributed by atoms with E-state index in [0.717, 1.165) is 5.69 Å². The van der Waals surface area contributed by atoms with Gasteiger partial charge in [-0.3, -0.25) is 4.79 Å². The van der Waals surface area contributed by atoms with Gasteiger partial charge < -0.3 is 10.2 Å². The van der Waals surface area contributed by atoms with Crippen LogP contribution in [0.5, 0.6) is 0 Å². The lowest BCUT2D eigenvalue weighted by Crippen LogP contribution is -2.33. The Morgan fingerprint density at radius 2 is 1.96 bits per heavy atom. The number of rotatable bonds is 6. The van der Waals surface area contributed by atoms with Crippen molar-refractivity contribution in [2.75, 3.05) is 17.3 Å². The highest BCUT2D eigenvalue weighted by molar-refractivity contribution is 8.02. The van der Waals surface area contributed by atoms with Crippen molar-refractivity contribution >= 4 is 45.5 Å². The van der Waals surface area contributed by atoms with E-state index in [1.165, 1.54) is 35.2 Å². The molecule has 1 atom stereocenters. The van der Waals surface area contributed by atoms with E-state index in [9.17, 15) is 9.18 Å². The summed E-state index contributed by atoms with van der Waals surface area (Å²) in [5.41, 5.74) is 1.45. The number of benzene rings is 2. The Morgan fingerprint density at radius 3 is 2.69 bits per heavy atom. The molecule has 8 heteroatoms. The minimum Gasteiger partial charge on any atom is -0.330 e. The number of carbonyl (C=O) groups is 1. The number of para-hydroxylation sites is 1.